The molecule has 0 bridgehead atoms. The van der Waals surface area contributed by atoms with E-state index in [0.717, 1.165) is 33.2 Å². The Morgan fingerprint density at radius 3 is 2.33 bits per heavy atom. The molecule has 0 aromatic heterocycles. The number of hydrogen-bond acceptors (Lipinski definition) is 4. The maximum absolute atomic E-state index is 12.6. The molecular weight excluding hydrogens is 472 g/mol. The van der Waals surface area contributed by atoms with Crippen molar-refractivity contribution in [3.05, 3.63) is 107 Å². The SMILES string of the molecule is Cc1ccc(N(Cc2ccc(C(=O)NCCOc3cccc4ccccc34)cc2)S(C)(=O)=O)cc1C. The summed E-state index contributed by atoms with van der Waals surface area (Å²) < 4.78 is 32.2. The third-order valence-corrected chi connectivity index (χ3v) is 7.26. The van der Waals surface area contributed by atoms with Crippen LogP contribution in [0.25, 0.3) is 10.8 Å². The summed E-state index contributed by atoms with van der Waals surface area (Å²) in [6, 6.07) is 26.5. The molecule has 0 saturated heterocycles. The lowest BCUT2D eigenvalue weighted by atomic mass is 10.1. The van der Waals surface area contributed by atoms with Crippen molar-refractivity contribution in [3.8, 4) is 5.75 Å². The summed E-state index contributed by atoms with van der Waals surface area (Å²) in [5, 5.41) is 5.00. The van der Waals surface area contributed by atoms with Crippen LogP contribution >= 0.6 is 0 Å². The largest absolute Gasteiger partial charge is 0.491 e. The van der Waals surface area contributed by atoms with Crippen molar-refractivity contribution in [3.63, 3.8) is 0 Å². The number of amides is 1. The molecule has 186 valence electrons. The van der Waals surface area contributed by atoms with Gasteiger partial charge in [0.25, 0.3) is 5.91 Å². The van der Waals surface area contributed by atoms with E-state index in [4.69, 9.17) is 4.74 Å². The highest BCUT2D eigenvalue weighted by atomic mass is 32.2. The highest BCUT2D eigenvalue weighted by Crippen LogP contribution is 2.25. The van der Waals surface area contributed by atoms with Crippen LogP contribution < -0.4 is 14.4 Å². The first-order valence-corrected chi connectivity index (χ1v) is 13.6. The predicted octanol–water partition coefficient (Wildman–Crippen LogP) is 5.23. The average molecular weight is 503 g/mol. The summed E-state index contributed by atoms with van der Waals surface area (Å²) in [5.74, 6) is 0.572. The number of anilines is 1. The van der Waals surface area contributed by atoms with Gasteiger partial charge < -0.3 is 10.1 Å². The molecule has 0 saturated carbocycles. The van der Waals surface area contributed by atoms with E-state index < -0.39 is 10.0 Å². The van der Waals surface area contributed by atoms with E-state index in [1.807, 2.05) is 74.5 Å². The third-order valence-electron chi connectivity index (χ3n) is 6.12. The van der Waals surface area contributed by atoms with Crippen LogP contribution in [0.2, 0.25) is 0 Å². The molecular formula is C29H30N2O4S. The topological polar surface area (TPSA) is 75.7 Å². The van der Waals surface area contributed by atoms with Gasteiger partial charge in [0.05, 0.1) is 25.0 Å². The van der Waals surface area contributed by atoms with Crippen LogP contribution in [0.15, 0.2) is 84.9 Å². The molecule has 7 heteroatoms. The van der Waals surface area contributed by atoms with E-state index in [0.29, 0.717) is 24.4 Å². The smallest absolute Gasteiger partial charge is 0.251 e. The number of nitrogens with zero attached hydrogens (tertiary/aromatic N) is 1. The number of rotatable bonds is 9. The molecule has 4 aromatic rings. The van der Waals surface area contributed by atoms with Gasteiger partial charge in [-0.25, -0.2) is 8.42 Å². The van der Waals surface area contributed by atoms with Gasteiger partial charge >= 0.3 is 0 Å². The van der Waals surface area contributed by atoms with Crippen molar-refractivity contribution < 1.29 is 17.9 Å². The molecule has 0 spiro atoms. The Balaban J connectivity index is 1.35. The average Bonchev–Trinajstić information content (AvgIpc) is 2.86. The standard InChI is InChI=1S/C29H30N2O4S/c1-21-11-16-26(19-22(21)2)31(36(3,33)34)20-23-12-14-25(15-13-23)29(32)30-17-18-35-28-10-6-8-24-7-4-5-9-27(24)28/h4-16,19H,17-18,20H2,1-3H3,(H,30,32). The number of carbonyl (C=O) groups is 1. The van der Waals surface area contributed by atoms with Gasteiger partial charge in [0.15, 0.2) is 0 Å². The first kappa shape index (κ1) is 25.3. The minimum Gasteiger partial charge on any atom is -0.491 e. The summed E-state index contributed by atoms with van der Waals surface area (Å²) in [5.41, 5.74) is 4.03. The molecule has 0 atom stereocenters. The van der Waals surface area contributed by atoms with Crippen molar-refractivity contribution in [1.82, 2.24) is 5.32 Å². The minimum atomic E-state index is -3.48. The Kier molecular flexibility index (Phi) is 7.60. The fourth-order valence-corrected chi connectivity index (χ4v) is 4.84. The summed E-state index contributed by atoms with van der Waals surface area (Å²) in [4.78, 5) is 12.6. The number of ether oxygens (including phenoxy) is 1. The minimum absolute atomic E-state index is 0.183. The van der Waals surface area contributed by atoms with Crippen LogP contribution in [0.3, 0.4) is 0 Å². The Labute approximate surface area is 212 Å². The summed E-state index contributed by atoms with van der Waals surface area (Å²) in [7, 11) is -3.48. The molecule has 0 heterocycles. The molecule has 0 aliphatic heterocycles. The highest BCUT2D eigenvalue weighted by Gasteiger charge is 2.18. The number of fused-ring (bicyclic) bond motifs is 1. The third kappa shape index (κ3) is 6.04. The van der Waals surface area contributed by atoms with Crippen LogP contribution in [0.1, 0.15) is 27.0 Å². The Hall–Kier alpha value is -3.84. The van der Waals surface area contributed by atoms with E-state index in [2.05, 4.69) is 5.32 Å². The molecule has 0 unspecified atom stereocenters. The van der Waals surface area contributed by atoms with E-state index in [1.54, 1.807) is 24.3 Å². The maximum atomic E-state index is 12.6. The fourth-order valence-electron chi connectivity index (χ4n) is 3.96. The van der Waals surface area contributed by atoms with Crippen molar-refractivity contribution in [2.24, 2.45) is 0 Å². The molecule has 1 N–H and O–H groups in total. The molecule has 4 rings (SSSR count). The van der Waals surface area contributed by atoms with E-state index in [-0.39, 0.29) is 12.5 Å². The molecule has 1 amide bonds. The van der Waals surface area contributed by atoms with Crippen LogP contribution in [-0.2, 0) is 16.6 Å². The Bertz CT molecular complexity index is 1480. The Morgan fingerprint density at radius 2 is 1.61 bits per heavy atom. The van der Waals surface area contributed by atoms with Crippen molar-refractivity contribution in [2.75, 3.05) is 23.7 Å². The highest BCUT2D eigenvalue weighted by molar-refractivity contribution is 7.92. The van der Waals surface area contributed by atoms with Crippen LogP contribution in [0.4, 0.5) is 5.69 Å². The van der Waals surface area contributed by atoms with Gasteiger partial charge in [0, 0.05) is 10.9 Å². The number of aryl methyl sites for hydroxylation is 2. The van der Waals surface area contributed by atoms with Gasteiger partial charge in [-0.2, -0.15) is 0 Å². The number of carbonyl (C=O) groups excluding carboxylic acids is 1. The zero-order valence-corrected chi connectivity index (χ0v) is 21.5. The molecule has 0 aliphatic rings. The van der Waals surface area contributed by atoms with Crippen LogP contribution in [0, 0.1) is 13.8 Å². The lowest BCUT2D eigenvalue weighted by Gasteiger charge is -2.23. The normalized spacial score (nSPS) is 11.3. The molecule has 6 nitrogen and oxygen atoms in total. The fraction of sp³-hybridized carbons (Fsp3) is 0.207. The van der Waals surface area contributed by atoms with Crippen molar-refractivity contribution >= 4 is 32.4 Å². The molecule has 0 fully saturated rings. The number of nitrogens with one attached hydrogen (secondary N) is 1. The van der Waals surface area contributed by atoms with Crippen LogP contribution in [0.5, 0.6) is 5.75 Å². The van der Waals surface area contributed by atoms with Gasteiger partial charge in [-0.05, 0) is 66.3 Å². The summed E-state index contributed by atoms with van der Waals surface area (Å²) in [6.45, 7) is 4.83. The van der Waals surface area contributed by atoms with E-state index >= 15 is 0 Å². The van der Waals surface area contributed by atoms with Crippen molar-refractivity contribution in [2.45, 2.75) is 20.4 Å². The van der Waals surface area contributed by atoms with Gasteiger partial charge in [-0.1, -0.05) is 54.6 Å². The Morgan fingerprint density at radius 1 is 0.889 bits per heavy atom. The summed E-state index contributed by atoms with van der Waals surface area (Å²) in [6.07, 6.45) is 1.20. The maximum Gasteiger partial charge on any atom is 0.251 e. The molecule has 0 aliphatic carbocycles. The lowest BCUT2D eigenvalue weighted by Crippen LogP contribution is -2.29. The number of sulfonamides is 1. The zero-order chi connectivity index (χ0) is 25.7. The van der Waals surface area contributed by atoms with Crippen molar-refractivity contribution in [1.29, 1.82) is 0 Å². The quantitative estimate of drug-likeness (QED) is 0.318. The van der Waals surface area contributed by atoms with E-state index in [1.165, 1.54) is 10.6 Å². The lowest BCUT2D eigenvalue weighted by molar-refractivity contribution is 0.0947. The zero-order valence-electron chi connectivity index (χ0n) is 20.7. The van der Waals surface area contributed by atoms with Gasteiger partial charge in [0.1, 0.15) is 12.4 Å². The van der Waals surface area contributed by atoms with Crippen LogP contribution in [-0.4, -0.2) is 33.7 Å². The predicted molar refractivity (Wildman–Crippen MR) is 145 cm³/mol. The monoisotopic (exact) mass is 502 g/mol. The van der Waals surface area contributed by atoms with E-state index in [9.17, 15) is 13.2 Å². The van der Waals surface area contributed by atoms with Gasteiger partial charge in [-0.3, -0.25) is 9.10 Å². The molecule has 0 radical (unpaired) electrons. The second kappa shape index (κ2) is 10.8. The molecule has 4 aromatic carbocycles. The molecule has 36 heavy (non-hydrogen) atoms. The summed E-state index contributed by atoms with van der Waals surface area (Å²) >= 11 is 0. The van der Waals surface area contributed by atoms with Gasteiger partial charge in [0.2, 0.25) is 10.0 Å². The second-order valence-corrected chi connectivity index (χ2v) is 10.7. The number of benzene rings is 4. The second-order valence-electron chi connectivity index (χ2n) is 8.82. The number of hydrogen-bond donors (Lipinski definition) is 1. The first-order valence-electron chi connectivity index (χ1n) is 11.7. The first-order chi connectivity index (χ1) is 17.2. The van der Waals surface area contributed by atoms with Gasteiger partial charge in [-0.15, -0.1) is 0 Å².